The van der Waals surface area contributed by atoms with Crippen LogP contribution in [0, 0.1) is 6.92 Å². The topological polar surface area (TPSA) is 76.4 Å². The second kappa shape index (κ2) is 7.61. The summed E-state index contributed by atoms with van der Waals surface area (Å²) in [6.07, 6.45) is 0.650. The minimum Gasteiger partial charge on any atom is -0.380 e. The summed E-state index contributed by atoms with van der Waals surface area (Å²) in [4.78, 5) is 12.3. The van der Waals surface area contributed by atoms with Crippen molar-refractivity contribution in [2.75, 3.05) is 17.7 Å². The molecule has 6 nitrogen and oxygen atoms in total. The Morgan fingerprint density at radius 3 is 2.86 bits per heavy atom. The average molecular weight is 303 g/mol. The van der Waals surface area contributed by atoms with E-state index in [1.165, 1.54) is 0 Å². The molecular formula is C16H21N3O3. The highest BCUT2D eigenvalue weighted by Crippen LogP contribution is 2.15. The maximum Gasteiger partial charge on any atom is 0.248 e. The molecule has 0 saturated carbocycles. The lowest BCUT2D eigenvalue weighted by atomic mass is 10.1. The predicted molar refractivity (Wildman–Crippen MR) is 84.7 cm³/mol. The van der Waals surface area contributed by atoms with Crippen molar-refractivity contribution in [3.63, 3.8) is 0 Å². The van der Waals surface area contributed by atoms with Crippen LogP contribution in [-0.4, -0.2) is 24.2 Å². The molecule has 1 aromatic carbocycles. The molecule has 0 bridgehead atoms. The second-order valence-corrected chi connectivity index (χ2v) is 5.05. The van der Waals surface area contributed by atoms with Crippen LogP contribution in [-0.2, 0) is 16.1 Å². The summed E-state index contributed by atoms with van der Waals surface area (Å²) in [6, 6.07) is 9.14. The number of aryl methyl sites for hydroxylation is 1. The summed E-state index contributed by atoms with van der Waals surface area (Å²) in [5, 5.41) is 9.74. The molecule has 1 heterocycles. The Hall–Kier alpha value is -2.34. The van der Waals surface area contributed by atoms with Gasteiger partial charge >= 0.3 is 0 Å². The maximum atomic E-state index is 12.3. The molecule has 0 aliphatic carbocycles. The molecule has 0 aliphatic rings. The minimum atomic E-state index is -0.352. The summed E-state index contributed by atoms with van der Waals surface area (Å²) < 4.78 is 10.1. The summed E-state index contributed by atoms with van der Waals surface area (Å²) in [6.45, 7) is 4.26. The van der Waals surface area contributed by atoms with Gasteiger partial charge in [0.15, 0.2) is 5.82 Å². The van der Waals surface area contributed by atoms with E-state index in [2.05, 4.69) is 15.8 Å². The Morgan fingerprint density at radius 1 is 1.41 bits per heavy atom. The van der Waals surface area contributed by atoms with Gasteiger partial charge in [-0.25, -0.2) is 0 Å². The molecule has 1 amide bonds. The molecule has 2 aromatic rings. The Labute approximate surface area is 129 Å². The van der Waals surface area contributed by atoms with Crippen molar-refractivity contribution >= 4 is 17.4 Å². The summed E-state index contributed by atoms with van der Waals surface area (Å²) in [5.41, 5.74) is 1.93. The fourth-order valence-electron chi connectivity index (χ4n) is 2.11. The van der Waals surface area contributed by atoms with E-state index in [9.17, 15) is 4.79 Å². The quantitative estimate of drug-likeness (QED) is 0.822. The normalized spacial score (nSPS) is 12.0. The highest BCUT2D eigenvalue weighted by atomic mass is 16.5. The number of carbonyl (C=O) groups is 1. The molecule has 1 unspecified atom stereocenters. The average Bonchev–Trinajstić information content (AvgIpc) is 2.90. The van der Waals surface area contributed by atoms with Gasteiger partial charge in [-0.05, 0) is 31.0 Å². The highest BCUT2D eigenvalue weighted by molar-refractivity contribution is 5.95. The number of carbonyl (C=O) groups excluding carboxylic acids is 1. The fourth-order valence-corrected chi connectivity index (χ4v) is 2.11. The number of aromatic nitrogens is 1. The number of hydrogen-bond acceptors (Lipinski definition) is 5. The molecule has 22 heavy (non-hydrogen) atoms. The number of methoxy groups -OCH3 is 1. The third-order valence-electron chi connectivity index (χ3n) is 3.18. The standard InChI is InChI=1S/C16H21N3O3/c1-4-14(16(20)18-15-8-11(2)22-19-15)17-13-7-5-6-12(9-13)10-21-3/h5-9,14,17H,4,10H2,1-3H3,(H,18,19,20). The Kier molecular flexibility index (Phi) is 5.55. The molecule has 6 heteroatoms. The van der Waals surface area contributed by atoms with E-state index in [0.29, 0.717) is 24.6 Å². The molecule has 1 atom stereocenters. The van der Waals surface area contributed by atoms with Crippen LogP contribution in [0.1, 0.15) is 24.7 Å². The van der Waals surface area contributed by atoms with Crippen molar-refractivity contribution in [2.45, 2.75) is 32.9 Å². The van der Waals surface area contributed by atoms with Gasteiger partial charge in [0.25, 0.3) is 0 Å². The number of nitrogens with zero attached hydrogens (tertiary/aromatic N) is 1. The smallest absolute Gasteiger partial charge is 0.248 e. The van der Waals surface area contributed by atoms with Crippen molar-refractivity contribution in [1.82, 2.24) is 5.16 Å². The SMILES string of the molecule is CCC(Nc1cccc(COC)c1)C(=O)Nc1cc(C)on1. The van der Waals surface area contributed by atoms with E-state index < -0.39 is 0 Å². The molecule has 0 saturated heterocycles. The van der Waals surface area contributed by atoms with Crippen LogP contribution in [0.2, 0.25) is 0 Å². The zero-order valence-corrected chi connectivity index (χ0v) is 13.1. The Morgan fingerprint density at radius 2 is 2.23 bits per heavy atom. The molecule has 0 spiro atoms. The molecule has 118 valence electrons. The van der Waals surface area contributed by atoms with Crippen molar-refractivity contribution in [3.05, 3.63) is 41.7 Å². The lowest BCUT2D eigenvalue weighted by Gasteiger charge is -2.17. The maximum absolute atomic E-state index is 12.3. The van der Waals surface area contributed by atoms with E-state index in [-0.39, 0.29) is 11.9 Å². The third-order valence-corrected chi connectivity index (χ3v) is 3.18. The Balaban J connectivity index is 2.01. The summed E-state index contributed by atoms with van der Waals surface area (Å²) in [7, 11) is 1.66. The number of ether oxygens (including phenoxy) is 1. The van der Waals surface area contributed by atoms with Gasteiger partial charge in [0.05, 0.1) is 6.61 Å². The minimum absolute atomic E-state index is 0.145. The first-order chi connectivity index (χ1) is 10.6. The van der Waals surface area contributed by atoms with Crippen LogP contribution >= 0.6 is 0 Å². The number of nitrogens with one attached hydrogen (secondary N) is 2. The van der Waals surface area contributed by atoms with E-state index >= 15 is 0 Å². The molecule has 1 aromatic heterocycles. The number of anilines is 2. The van der Waals surface area contributed by atoms with Gasteiger partial charge < -0.3 is 19.9 Å². The molecule has 0 radical (unpaired) electrons. The molecule has 2 rings (SSSR count). The van der Waals surface area contributed by atoms with Crippen LogP contribution in [0.3, 0.4) is 0 Å². The van der Waals surface area contributed by atoms with Crippen molar-refractivity contribution in [3.8, 4) is 0 Å². The lowest BCUT2D eigenvalue weighted by molar-refractivity contribution is -0.117. The van der Waals surface area contributed by atoms with Gasteiger partial charge in [0.1, 0.15) is 11.8 Å². The summed E-state index contributed by atoms with van der Waals surface area (Å²) >= 11 is 0. The number of benzene rings is 1. The van der Waals surface area contributed by atoms with E-state index in [0.717, 1.165) is 11.3 Å². The third kappa shape index (κ3) is 4.33. The van der Waals surface area contributed by atoms with Crippen LogP contribution in [0.25, 0.3) is 0 Å². The first kappa shape index (κ1) is 16.0. The van der Waals surface area contributed by atoms with E-state index in [1.807, 2.05) is 31.2 Å². The van der Waals surface area contributed by atoms with Crippen LogP contribution in [0.15, 0.2) is 34.9 Å². The fraction of sp³-hybridized carbons (Fsp3) is 0.375. The first-order valence-electron chi connectivity index (χ1n) is 7.21. The molecule has 2 N–H and O–H groups in total. The van der Waals surface area contributed by atoms with Crippen LogP contribution < -0.4 is 10.6 Å². The molecule has 0 aliphatic heterocycles. The van der Waals surface area contributed by atoms with E-state index in [1.54, 1.807) is 20.1 Å². The van der Waals surface area contributed by atoms with Crippen molar-refractivity contribution < 1.29 is 14.1 Å². The second-order valence-electron chi connectivity index (χ2n) is 5.05. The zero-order valence-electron chi connectivity index (χ0n) is 13.1. The highest BCUT2D eigenvalue weighted by Gasteiger charge is 2.17. The summed E-state index contributed by atoms with van der Waals surface area (Å²) in [5.74, 6) is 0.937. The van der Waals surface area contributed by atoms with Crippen molar-refractivity contribution in [1.29, 1.82) is 0 Å². The molecule has 0 fully saturated rings. The van der Waals surface area contributed by atoms with Gasteiger partial charge in [-0.15, -0.1) is 0 Å². The van der Waals surface area contributed by atoms with E-state index in [4.69, 9.17) is 9.26 Å². The van der Waals surface area contributed by atoms with Gasteiger partial charge in [-0.1, -0.05) is 24.2 Å². The first-order valence-corrected chi connectivity index (χ1v) is 7.21. The number of rotatable bonds is 7. The van der Waals surface area contributed by atoms with Crippen LogP contribution in [0.5, 0.6) is 0 Å². The van der Waals surface area contributed by atoms with Gasteiger partial charge in [-0.3, -0.25) is 4.79 Å². The van der Waals surface area contributed by atoms with Crippen molar-refractivity contribution in [2.24, 2.45) is 0 Å². The zero-order chi connectivity index (χ0) is 15.9. The largest absolute Gasteiger partial charge is 0.380 e. The molecular weight excluding hydrogens is 282 g/mol. The lowest BCUT2D eigenvalue weighted by Crippen LogP contribution is -2.34. The number of amides is 1. The number of hydrogen-bond donors (Lipinski definition) is 2. The van der Waals surface area contributed by atoms with Gasteiger partial charge in [-0.2, -0.15) is 0 Å². The predicted octanol–water partition coefficient (Wildman–Crippen LogP) is 2.96. The van der Waals surface area contributed by atoms with Gasteiger partial charge in [0, 0.05) is 18.9 Å². The van der Waals surface area contributed by atoms with Gasteiger partial charge in [0.2, 0.25) is 5.91 Å². The monoisotopic (exact) mass is 303 g/mol. The Bertz CT molecular complexity index is 625. The van der Waals surface area contributed by atoms with Crippen LogP contribution in [0.4, 0.5) is 11.5 Å².